The fraction of sp³-hybridized carbons (Fsp3) is 0.429. The molecule has 0 aliphatic heterocycles. The lowest BCUT2D eigenvalue weighted by molar-refractivity contribution is 0.373. The summed E-state index contributed by atoms with van der Waals surface area (Å²) in [7, 11) is 0. The summed E-state index contributed by atoms with van der Waals surface area (Å²) in [4.78, 5) is 23.4. The topological polar surface area (TPSA) is 52.2 Å². The van der Waals surface area contributed by atoms with Gasteiger partial charge >= 0.3 is 11.4 Å². The maximum Gasteiger partial charge on any atom is 0.422 e. The van der Waals surface area contributed by atoms with Crippen LogP contribution < -0.4 is 11.4 Å². The summed E-state index contributed by atoms with van der Waals surface area (Å²) in [5.41, 5.74) is 0.0942. The summed E-state index contributed by atoms with van der Waals surface area (Å²) < 4.78 is 6.31. The van der Waals surface area contributed by atoms with Crippen molar-refractivity contribution in [2.45, 2.75) is 33.2 Å². The van der Waals surface area contributed by atoms with Gasteiger partial charge in [-0.15, -0.1) is 0 Å². The standard InChI is InChI=1S/C14H17NO3/c1-3-6-10(2)9-15-12-8-5-4-7-11(12)13(16)18-14(15)17/h4-5,7-8,10H,3,6,9H2,1-2H3. The largest absolute Gasteiger partial charge is 0.422 e. The first-order valence-electron chi connectivity index (χ1n) is 6.26. The smallest absolute Gasteiger partial charge is 0.372 e. The predicted octanol–water partition coefficient (Wildman–Crippen LogP) is 2.39. The molecule has 1 heterocycles. The van der Waals surface area contributed by atoms with E-state index in [0.717, 1.165) is 12.8 Å². The van der Waals surface area contributed by atoms with Crippen LogP contribution in [0, 0.1) is 5.92 Å². The average molecular weight is 247 g/mol. The van der Waals surface area contributed by atoms with Gasteiger partial charge in [-0.25, -0.2) is 9.59 Å². The second kappa shape index (κ2) is 5.21. The van der Waals surface area contributed by atoms with Crippen molar-refractivity contribution in [2.75, 3.05) is 0 Å². The molecule has 0 saturated carbocycles. The molecule has 0 aliphatic rings. The molecule has 2 rings (SSSR count). The Morgan fingerprint density at radius 3 is 2.72 bits per heavy atom. The zero-order chi connectivity index (χ0) is 13.1. The van der Waals surface area contributed by atoms with Crippen LogP contribution in [0.5, 0.6) is 0 Å². The summed E-state index contributed by atoms with van der Waals surface area (Å²) in [5.74, 6) is -0.189. The van der Waals surface area contributed by atoms with E-state index in [1.165, 1.54) is 0 Å². The van der Waals surface area contributed by atoms with Gasteiger partial charge in [0.25, 0.3) is 0 Å². The molecular weight excluding hydrogens is 230 g/mol. The highest BCUT2D eigenvalue weighted by atomic mass is 16.4. The third kappa shape index (κ3) is 2.37. The fourth-order valence-corrected chi connectivity index (χ4v) is 2.24. The molecule has 2 aromatic rings. The van der Waals surface area contributed by atoms with Gasteiger partial charge in [-0.2, -0.15) is 0 Å². The molecule has 1 aromatic heterocycles. The molecule has 0 N–H and O–H groups in total. The molecule has 1 aromatic carbocycles. The molecule has 96 valence electrons. The number of benzene rings is 1. The Morgan fingerprint density at radius 2 is 2.00 bits per heavy atom. The monoisotopic (exact) mass is 247 g/mol. The van der Waals surface area contributed by atoms with Crippen LogP contribution in [0.25, 0.3) is 10.9 Å². The van der Waals surface area contributed by atoms with Crippen LogP contribution in [0.1, 0.15) is 26.7 Å². The van der Waals surface area contributed by atoms with E-state index in [1.807, 2.05) is 6.07 Å². The van der Waals surface area contributed by atoms with Crippen molar-refractivity contribution in [3.63, 3.8) is 0 Å². The number of fused-ring (bicyclic) bond motifs is 1. The van der Waals surface area contributed by atoms with Gasteiger partial charge in [0.2, 0.25) is 0 Å². The van der Waals surface area contributed by atoms with E-state index in [4.69, 9.17) is 4.42 Å². The summed E-state index contributed by atoms with van der Waals surface area (Å²) in [6.07, 6.45) is 2.12. The molecule has 0 fully saturated rings. The summed E-state index contributed by atoms with van der Waals surface area (Å²) in [6.45, 7) is 4.79. The van der Waals surface area contributed by atoms with E-state index in [2.05, 4.69) is 13.8 Å². The number of nitrogens with zero attached hydrogens (tertiary/aromatic N) is 1. The first-order valence-corrected chi connectivity index (χ1v) is 6.26. The molecule has 4 heteroatoms. The van der Waals surface area contributed by atoms with E-state index < -0.39 is 11.4 Å². The number of rotatable bonds is 4. The van der Waals surface area contributed by atoms with Gasteiger partial charge in [-0.05, 0) is 24.5 Å². The number of aromatic nitrogens is 1. The fourth-order valence-electron chi connectivity index (χ4n) is 2.24. The minimum Gasteiger partial charge on any atom is -0.372 e. The highest BCUT2D eigenvalue weighted by molar-refractivity contribution is 5.77. The predicted molar refractivity (Wildman–Crippen MR) is 70.8 cm³/mol. The molecule has 1 unspecified atom stereocenters. The van der Waals surface area contributed by atoms with Crippen LogP contribution in [0.2, 0.25) is 0 Å². The van der Waals surface area contributed by atoms with Crippen LogP contribution in [-0.2, 0) is 6.54 Å². The number of para-hydroxylation sites is 1. The Morgan fingerprint density at radius 1 is 1.28 bits per heavy atom. The first kappa shape index (κ1) is 12.6. The Kier molecular flexibility index (Phi) is 3.65. The molecule has 0 spiro atoms. The molecule has 0 amide bonds. The van der Waals surface area contributed by atoms with Crippen molar-refractivity contribution in [3.05, 3.63) is 45.2 Å². The molecule has 18 heavy (non-hydrogen) atoms. The van der Waals surface area contributed by atoms with Crippen LogP contribution >= 0.6 is 0 Å². The minimum absolute atomic E-state index is 0.379. The van der Waals surface area contributed by atoms with E-state index in [9.17, 15) is 9.59 Å². The third-order valence-corrected chi connectivity index (χ3v) is 3.09. The second-order valence-electron chi connectivity index (χ2n) is 4.68. The highest BCUT2D eigenvalue weighted by Crippen LogP contribution is 2.12. The van der Waals surface area contributed by atoms with Crippen LogP contribution in [0.3, 0.4) is 0 Å². The quantitative estimate of drug-likeness (QED) is 0.833. The lowest BCUT2D eigenvalue weighted by Crippen LogP contribution is -2.27. The van der Waals surface area contributed by atoms with Gasteiger partial charge in [-0.3, -0.25) is 4.57 Å². The molecule has 0 saturated heterocycles. The van der Waals surface area contributed by atoms with E-state index in [1.54, 1.807) is 22.8 Å². The van der Waals surface area contributed by atoms with Crippen LogP contribution in [0.15, 0.2) is 38.3 Å². The molecule has 0 bridgehead atoms. The lowest BCUT2D eigenvalue weighted by atomic mass is 10.1. The van der Waals surface area contributed by atoms with Crippen molar-refractivity contribution in [3.8, 4) is 0 Å². The molecule has 4 nitrogen and oxygen atoms in total. The third-order valence-electron chi connectivity index (χ3n) is 3.09. The summed E-state index contributed by atoms with van der Waals surface area (Å²) in [5, 5.41) is 0.459. The van der Waals surface area contributed by atoms with Crippen LogP contribution in [0.4, 0.5) is 0 Å². The van der Waals surface area contributed by atoms with Gasteiger partial charge in [0.1, 0.15) is 0 Å². The van der Waals surface area contributed by atoms with Gasteiger partial charge in [0.15, 0.2) is 0 Å². The van der Waals surface area contributed by atoms with Crippen molar-refractivity contribution in [1.82, 2.24) is 4.57 Å². The highest BCUT2D eigenvalue weighted by Gasteiger charge is 2.11. The van der Waals surface area contributed by atoms with E-state index in [0.29, 0.717) is 23.4 Å². The maximum atomic E-state index is 11.8. The lowest BCUT2D eigenvalue weighted by Gasteiger charge is -2.13. The summed E-state index contributed by atoms with van der Waals surface area (Å²) >= 11 is 0. The van der Waals surface area contributed by atoms with Crippen molar-refractivity contribution < 1.29 is 4.42 Å². The molecular formula is C14H17NO3. The molecule has 0 aliphatic carbocycles. The Balaban J connectivity index is 2.56. The summed E-state index contributed by atoms with van der Waals surface area (Å²) in [6, 6.07) is 7.06. The normalized spacial score (nSPS) is 12.8. The van der Waals surface area contributed by atoms with Gasteiger partial charge in [0.05, 0.1) is 10.9 Å². The molecule has 0 radical (unpaired) electrons. The van der Waals surface area contributed by atoms with Crippen molar-refractivity contribution in [2.24, 2.45) is 5.92 Å². The minimum atomic E-state index is -0.568. The van der Waals surface area contributed by atoms with Gasteiger partial charge < -0.3 is 4.42 Å². The Labute approximate surface area is 105 Å². The Bertz CT molecular complexity index is 654. The first-order chi connectivity index (χ1) is 8.63. The Hall–Kier alpha value is -1.84. The van der Waals surface area contributed by atoms with E-state index in [-0.39, 0.29) is 0 Å². The van der Waals surface area contributed by atoms with Gasteiger partial charge in [0, 0.05) is 6.54 Å². The second-order valence-corrected chi connectivity index (χ2v) is 4.68. The SMILES string of the molecule is CCCC(C)Cn1c(=O)oc(=O)c2ccccc21. The van der Waals surface area contributed by atoms with Gasteiger partial charge in [-0.1, -0.05) is 32.4 Å². The van der Waals surface area contributed by atoms with Crippen molar-refractivity contribution in [1.29, 1.82) is 0 Å². The average Bonchev–Trinajstić information content (AvgIpc) is 2.35. The maximum absolute atomic E-state index is 11.8. The zero-order valence-corrected chi connectivity index (χ0v) is 10.7. The van der Waals surface area contributed by atoms with Crippen molar-refractivity contribution >= 4 is 10.9 Å². The zero-order valence-electron chi connectivity index (χ0n) is 10.7. The number of hydrogen-bond acceptors (Lipinski definition) is 3. The molecule has 1 atom stereocenters. The van der Waals surface area contributed by atoms with Crippen LogP contribution in [-0.4, -0.2) is 4.57 Å². The number of hydrogen-bond donors (Lipinski definition) is 0. The van der Waals surface area contributed by atoms with E-state index >= 15 is 0 Å².